The van der Waals surface area contributed by atoms with E-state index in [1.165, 1.54) is 29.5 Å². The fourth-order valence-electron chi connectivity index (χ4n) is 2.52. The van der Waals surface area contributed by atoms with Crippen LogP contribution in [0.2, 0.25) is 0 Å². The Hall–Kier alpha value is -0.860. The Kier molecular flexibility index (Phi) is 4.57. The molecule has 1 atom stereocenters. The minimum Gasteiger partial charge on any atom is -0.381 e. The first kappa shape index (κ1) is 12.6. The summed E-state index contributed by atoms with van der Waals surface area (Å²) in [4.78, 5) is 0. The van der Waals surface area contributed by atoms with Crippen LogP contribution in [-0.4, -0.2) is 19.8 Å². The molecule has 1 saturated heterocycles. The van der Waals surface area contributed by atoms with Gasteiger partial charge in [-0.2, -0.15) is 0 Å². The summed E-state index contributed by atoms with van der Waals surface area (Å²) in [6.45, 7) is 8.32. The molecule has 0 amide bonds. The van der Waals surface area contributed by atoms with Gasteiger partial charge < -0.3 is 10.1 Å². The molecule has 1 unspecified atom stereocenters. The summed E-state index contributed by atoms with van der Waals surface area (Å²) >= 11 is 0. The van der Waals surface area contributed by atoms with Crippen LogP contribution in [0.15, 0.2) is 18.2 Å². The third-order valence-electron chi connectivity index (χ3n) is 3.36. The second-order valence-corrected chi connectivity index (χ2v) is 5.19. The van der Waals surface area contributed by atoms with Crippen molar-refractivity contribution in [3.63, 3.8) is 0 Å². The normalized spacial score (nSPS) is 19.8. The first-order valence-electron chi connectivity index (χ1n) is 6.59. The second kappa shape index (κ2) is 6.18. The third-order valence-corrected chi connectivity index (χ3v) is 3.36. The van der Waals surface area contributed by atoms with E-state index in [-0.39, 0.29) is 0 Å². The molecule has 2 heteroatoms. The maximum atomic E-state index is 5.38. The van der Waals surface area contributed by atoms with Gasteiger partial charge in [-0.15, -0.1) is 0 Å². The lowest BCUT2D eigenvalue weighted by Crippen LogP contribution is -2.18. The molecule has 17 heavy (non-hydrogen) atoms. The van der Waals surface area contributed by atoms with E-state index in [0.29, 0.717) is 0 Å². The molecule has 1 heterocycles. The number of rotatable bonds is 5. The van der Waals surface area contributed by atoms with Gasteiger partial charge in [-0.25, -0.2) is 0 Å². The topological polar surface area (TPSA) is 21.3 Å². The quantitative estimate of drug-likeness (QED) is 0.790. The average Bonchev–Trinajstić information content (AvgIpc) is 2.76. The maximum Gasteiger partial charge on any atom is 0.0495 e. The lowest BCUT2D eigenvalue weighted by atomic mass is 10.0. The summed E-state index contributed by atoms with van der Waals surface area (Å²) in [7, 11) is 0. The first-order chi connectivity index (χ1) is 8.24. The first-order valence-corrected chi connectivity index (χ1v) is 6.59. The van der Waals surface area contributed by atoms with Crippen molar-refractivity contribution < 1.29 is 4.74 Å². The molecule has 0 spiro atoms. The fraction of sp³-hybridized carbons (Fsp3) is 0.600. The molecule has 1 aromatic rings. The highest BCUT2D eigenvalue weighted by Gasteiger charge is 2.14. The molecule has 1 aliphatic rings. The van der Waals surface area contributed by atoms with Crippen LogP contribution in [0, 0.1) is 19.8 Å². The van der Waals surface area contributed by atoms with Crippen molar-refractivity contribution in [3.05, 3.63) is 34.9 Å². The molecule has 0 saturated carbocycles. The van der Waals surface area contributed by atoms with Gasteiger partial charge in [-0.3, -0.25) is 0 Å². The summed E-state index contributed by atoms with van der Waals surface area (Å²) in [6.07, 6.45) is 2.48. The van der Waals surface area contributed by atoms with Crippen LogP contribution in [0.3, 0.4) is 0 Å². The Morgan fingerprint density at radius 3 is 2.65 bits per heavy atom. The highest BCUT2D eigenvalue weighted by molar-refractivity contribution is 5.28. The summed E-state index contributed by atoms with van der Waals surface area (Å²) in [6, 6.07) is 6.75. The van der Waals surface area contributed by atoms with E-state index < -0.39 is 0 Å². The number of aryl methyl sites for hydroxylation is 2. The van der Waals surface area contributed by atoms with Gasteiger partial charge in [-0.05, 0) is 44.7 Å². The molecule has 1 aromatic carbocycles. The fourth-order valence-corrected chi connectivity index (χ4v) is 2.52. The van der Waals surface area contributed by atoms with Crippen molar-refractivity contribution in [2.75, 3.05) is 19.8 Å². The van der Waals surface area contributed by atoms with Crippen LogP contribution < -0.4 is 5.32 Å². The summed E-state index contributed by atoms with van der Waals surface area (Å²) < 4.78 is 5.38. The van der Waals surface area contributed by atoms with Gasteiger partial charge in [0.2, 0.25) is 0 Å². The van der Waals surface area contributed by atoms with Crippen molar-refractivity contribution in [1.82, 2.24) is 5.32 Å². The van der Waals surface area contributed by atoms with Crippen LogP contribution >= 0.6 is 0 Å². The highest BCUT2D eigenvalue weighted by Crippen LogP contribution is 2.15. The van der Waals surface area contributed by atoms with E-state index in [0.717, 1.165) is 32.2 Å². The zero-order valence-corrected chi connectivity index (χ0v) is 11.0. The van der Waals surface area contributed by atoms with E-state index in [4.69, 9.17) is 4.74 Å². The Labute approximate surface area is 104 Å². The number of nitrogens with one attached hydrogen (secondary N) is 1. The second-order valence-electron chi connectivity index (χ2n) is 5.19. The molecule has 1 fully saturated rings. The Bertz CT molecular complexity index is 336. The minimum atomic E-state index is 0.779. The van der Waals surface area contributed by atoms with Gasteiger partial charge in [0, 0.05) is 19.8 Å². The molecule has 0 aliphatic carbocycles. The Morgan fingerprint density at radius 2 is 2.00 bits per heavy atom. The minimum absolute atomic E-state index is 0.779. The summed E-state index contributed by atoms with van der Waals surface area (Å²) in [5.74, 6) is 0.779. The molecular formula is C15H23NO. The number of hydrogen-bond donors (Lipinski definition) is 1. The SMILES string of the molecule is Cc1cc(C)cc(CNCCC2CCOC2)c1. The smallest absolute Gasteiger partial charge is 0.0495 e. The summed E-state index contributed by atoms with van der Waals surface area (Å²) in [5, 5.41) is 3.53. The molecule has 0 bridgehead atoms. The van der Waals surface area contributed by atoms with Gasteiger partial charge in [0.1, 0.15) is 0 Å². The highest BCUT2D eigenvalue weighted by atomic mass is 16.5. The third kappa shape index (κ3) is 4.14. The van der Waals surface area contributed by atoms with Crippen molar-refractivity contribution >= 4 is 0 Å². The van der Waals surface area contributed by atoms with Crippen LogP contribution in [0.1, 0.15) is 29.5 Å². The number of hydrogen-bond acceptors (Lipinski definition) is 2. The van der Waals surface area contributed by atoms with Crippen LogP contribution in [0.5, 0.6) is 0 Å². The van der Waals surface area contributed by atoms with Gasteiger partial charge in [0.15, 0.2) is 0 Å². The average molecular weight is 233 g/mol. The van der Waals surface area contributed by atoms with Crippen LogP contribution in [0.25, 0.3) is 0 Å². The largest absolute Gasteiger partial charge is 0.381 e. The van der Waals surface area contributed by atoms with Gasteiger partial charge >= 0.3 is 0 Å². The molecule has 0 radical (unpaired) electrons. The lowest BCUT2D eigenvalue weighted by Gasteiger charge is -2.09. The van der Waals surface area contributed by atoms with E-state index >= 15 is 0 Å². The van der Waals surface area contributed by atoms with E-state index in [1.807, 2.05) is 0 Å². The zero-order chi connectivity index (χ0) is 12.1. The Balaban J connectivity index is 1.70. The maximum absolute atomic E-state index is 5.38. The molecule has 1 N–H and O–H groups in total. The van der Waals surface area contributed by atoms with E-state index in [2.05, 4.69) is 37.4 Å². The van der Waals surface area contributed by atoms with Crippen molar-refractivity contribution in [2.24, 2.45) is 5.92 Å². The predicted octanol–water partition coefficient (Wildman–Crippen LogP) is 2.82. The van der Waals surface area contributed by atoms with Crippen molar-refractivity contribution in [1.29, 1.82) is 0 Å². The van der Waals surface area contributed by atoms with Crippen LogP contribution in [0.4, 0.5) is 0 Å². The van der Waals surface area contributed by atoms with Crippen LogP contribution in [-0.2, 0) is 11.3 Å². The molecule has 94 valence electrons. The molecule has 2 rings (SSSR count). The molecule has 2 nitrogen and oxygen atoms in total. The number of ether oxygens (including phenoxy) is 1. The van der Waals surface area contributed by atoms with Gasteiger partial charge in [0.05, 0.1) is 0 Å². The molecular weight excluding hydrogens is 210 g/mol. The summed E-state index contributed by atoms with van der Waals surface area (Å²) in [5.41, 5.74) is 4.10. The standard InChI is InChI=1S/C15H23NO/c1-12-7-13(2)9-15(8-12)10-16-5-3-14-4-6-17-11-14/h7-9,14,16H,3-6,10-11H2,1-2H3. The predicted molar refractivity (Wildman–Crippen MR) is 71.2 cm³/mol. The molecule has 1 aliphatic heterocycles. The van der Waals surface area contributed by atoms with E-state index in [9.17, 15) is 0 Å². The van der Waals surface area contributed by atoms with E-state index in [1.54, 1.807) is 0 Å². The zero-order valence-electron chi connectivity index (χ0n) is 11.0. The monoisotopic (exact) mass is 233 g/mol. The lowest BCUT2D eigenvalue weighted by molar-refractivity contribution is 0.184. The van der Waals surface area contributed by atoms with Gasteiger partial charge in [-0.1, -0.05) is 29.3 Å². The number of benzene rings is 1. The molecule has 0 aromatic heterocycles. The van der Waals surface area contributed by atoms with Crippen molar-refractivity contribution in [2.45, 2.75) is 33.2 Å². The van der Waals surface area contributed by atoms with Gasteiger partial charge in [0.25, 0.3) is 0 Å². The Morgan fingerprint density at radius 1 is 1.24 bits per heavy atom. The van der Waals surface area contributed by atoms with Crippen molar-refractivity contribution in [3.8, 4) is 0 Å².